The van der Waals surface area contributed by atoms with Gasteiger partial charge in [-0.2, -0.15) is 0 Å². The number of amides is 2. The lowest BCUT2D eigenvalue weighted by molar-refractivity contribution is -0.136. The predicted octanol–water partition coefficient (Wildman–Crippen LogP) is 1.52. The molecule has 1 unspecified atom stereocenters. The molecule has 2 amide bonds. The van der Waals surface area contributed by atoms with Gasteiger partial charge in [-0.1, -0.05) is 18.9 Å². The minimum atomic E-state index is -3.07. The summed E-state index contributed by atoms with van der Waals surface area (Å²) in [7, 11) is 0.212. The molecule has 3 rings (SSSR count). The van der Waals surface area contributed by atoms with Gasteiger partial charge < -0.3 is 15.0 Å². The van der Waals surface area contributed by atoms with Crippen molar-refractivity contribution in [2.24, 2.45) is 0 Å². The molecule has 166 valence electrons. The van der Waals surface area contributed by atoms with Crippen molar-refractivity contribution in [3.05, 3.63) is 24.3 Å². The molecule has 1 aliphatic carbocycles. The van der Waals surface area contributed by atoms with Gasteiger partial charge in [0.25, 0.3) is 0 Å². The van der Waals surface area contributed by atoms with Crippen molar-refractivity contribution in [3.63, 3.8) is 0 Å². The summed E-state index contributed by atoms with van der Waals surface area (Å²) in [6, 6.07) is 6.94. The molecule has 0 radical (unpaired) electrons. The molecule has 0 spiro atoms. The van der Waals surface area contributed by atoms with Gasteiger partial charge >= 0.3 is 0 Å². The van der Waals surface area contributed by atoms with Gasteiger partial charge in [-0.15, -0.1) is 0 Å². The first-order valence-corrected chi connectivity index (χ1v) is 12.2. The molecule has 2 fully saturated rings. The number of anilines is 1. The Morgan fingerprint density at radius 2 is 1.87 bits per heavy atom. The molecule has 1 saturated heterocycles. The molecule has 1 aromatic carbocycles. The van der Waals surface area contributed by atoms with Gasteiger partial charge in [0.1, 0.15) is 5.75 Å². The highest BCUT2D eigenvalue weighted by Crippen LogP contribution is 2.29. The van der Waals surface area contributed by atoms with E-state index in [9.17, 15) is 18.0 Å². The molecule has 1 saturated carbocycles. The number of nitrogens with zero attached hydrogens (tertiary/aromatic N) is 2. The number of carbonyl (C=O) groups excluding carboxylic acids is 2. The molecule has 1 N–H and O–H groups in total. The van der Waals surface area contributed by atoms with Gasteiger partial charge in [-0.25, -0.2) is 8.42 Å². The highest BCUT2D eigenvalue weighted by atomic mass is 32.2. The van der Waals surface area contributed by atoms with E-state index in [2.05, 4.69) is 5.32 Å². The van der Waals surface area contributed by atoms with Crippen molar-refractivity contribution in [2.75, 3.05) is 44.1 Å². The Labute approximate surface area is 178 Å². The Morgan fingerprint density at radius 1 is 1.13 bits per heavy atom. The molecule has 2 aliphatic rings. The normalized spacial score (nSPS) is 21.0. The van der Waals surface area contributed by atoms with Crippen molar-refractivity contribution in [3.8, 4) is 5.75 Å². The van der Waals surface area contributed by atoms with Gasteiger partial charge in [0.2, 0.25) is 11.8 Å². The molecule has 1 atom stereocenters. The smallest absolute Gasteiger partial charge is 0.238 e. The Bertz CT molecular complexity index is 867. The van der Waals surface area contributed by atoms with Crippen LogP contribution in [0.2, 0.25) is 0 Å². The number of benzene rings is 1. The molecule has 9 heteroatoms. The third-order valence-corrected chi connectivity index (χ3v) is 7.53. The standard InChI is InChI=1S/C21H31N3O5S/c1-23(13-20(25)22-16-6-5-9-19(12-16)29-2)14-21(26)24(17-7-3-4-8-17)18-10-11-30(27,28)15-18/h5-6,9,12,17-18H,3-4,7-8,10-11,13-15H2,1-2H3,(H,22,25). The largest absolute Gasteiger partial charge is 0.497 e. The van der Waals surface area contributed by atoms with Crippen LogP contribution in [0, 0.1) is 0 Å². The average molecular weight is 438 g/mol. The number of ether oxygens (including phenoxy) is 1. The number of sulfone groups is 1. The second-order valence-corrected chi connectivity index (χ2v) is 10.5. The van der Waals surface area contributed by atoms with Crippen molar-refractivity contribution in [1.29, 1.82) is 0 Å². The van der Waals surface area contributed by atoms with Crippen molar-refractivity contribution < 1.29 is 22.7 Å². The first kappa shape index (κ1) is 22.6. The third-order valence-electron chi connectivity index (χ3n) is 5.78. The van der Waals surface area contributed by atoms with Crippen molar-refractivity contribution in [1.82, 2.24) is 9.80 Å². The lowest BCUT2D eigenvalue weighted by Crippen LogP contribution is -2.50. The van der Waals surface area contributed by atoms with Gasteiger partial charge in [0.15, 0.2) is 9.84 Å². The molecule has 30 heavy (non-hydrogen) atoms. The number of hydrogen-bond donors (Lipinski definition) is 1. The molecule has 1 aromatic rings. The zero-order valence-corrected chi connectivity index (χ0v) is 18.5. The molecular weight excluding hydrogens is 406 g/mol. The minimum Gasteiger partial charge on any atom is -0.497 e. The summed E-state index contributed by atoms with van der Waals surface area (Å²) in [6.45, 7) is 0.142. The average Bonchev–Trinajstić information content (AvgIpc) is 3.31. The molecular formula is C21H31N3O5S. The zero-order valence-electron chi connectivity index (χ0n) is 17.7. The summed E-state index contributed by atoms with van der Waals surface area (Å²) in [5.74, 6) is 0.521. The van der Waals surface area contributed by atoms with E-state index < -0.39 is 9.84 Å². The fourth-order valence-electron chi connectivity index (χ4n) is 4.40. The maximum atomic E-state index is 13.1. The van der Waals surface area contributed by atoms with E-state index in [0.29, 0.717) is 17.9 Å². The maximum Gasteiger partial charge on any atom is 0.238 e. The first-order valence-electron chi connectivity index (χ1n) is 10.4. The van der Waals surface area contributed by atoms with Crippen molar-refractivity contribution in [2.45, 2.75) is 44.2 Å². The lowest BCUT2D eigenvalue weighted by Gasteiger charge is -2.35. The fraction of sp³-hybridized carbons (Fsp3) is 0.619. The zero-order chi connectivity index (χ0) is 21.7. The predicted molar refractivity (Wildman–Crippen MR) is 115 cm³/mol. The Kier molecular flexibility index (Phi) is 7.36. The van der Waals surface area contributed by atoms with E-state index >= 15 is 0 Å². The molecule has 8 nitrogen and oxygen atoms in total. The highest BCUT2D eigenvalue weighted by Gasteiger charge is 2.39. The van der Waals surface area contributed by atoms with Gasteiger partial charge in [0.05, 0.1) is 31.7 Å². The summed E-state index contributed by atoms with van der Waals surface area (Å²) in [5, 5.41) is 2.81. The number of hydrogen-bond acceptors (Lipinski definition) is 6. The van der Waals surface area contributed by atoms with Gasteiger partial charge in [-0.05, 0) is 38.4 Å². The maximum absolute atomic E-state index is 13.1. The summed E-state index contributed by atoms with van der Waals surface area (Å²) in [6.07, 6.45) is 4.47. The minimum absolute atomic E-state index is 0.0509. The van der Waals surface area contributed by atoms with E-state index in [1.807, 2.05) is 4.90 Å². The van der Waals surface area contributed by atoms with Gasteiger partial charge in [-0.3, -0.25) is 14.5 Å². The summed E-state index contributed by atoms with van der Waals surface area (Å²) >= 11 is 0. The summed E-state index contributed by atoms with van der Waals surface area (Å²) < 4.78 is 29.1. The number of likely N-dealkylation sites (N-methyl/N-ethyl adjacent to an activating group) is 1. The third kappa shape index (κ3) is 5.95. The van der Waals surface area contributed by atoms with Crippen molar-refractivity contribution >= 4 is 27.3 Å². The molecule has 1 heterocycles. The fourth-order valence-corrected chi connectivity index (χ4v) is 6.11. The van der Waals surface area contributed by atoms with Crippen LogP contribution in [0.1, 0.15) is 32.1 Å². The number of carbonyl (C=O) groups is 2. The lowest BCUT2D eigenvalue weighted by atomic mass is 10.1. The van der Waals surface area contributed by atoms with E-state index in [-0.39, 0.29) is 48.5 Å². The van der Waals surface area contributed by atoms with E-state index in [1.165, 1.54) is 0 Å². The van der Waals surface area contributed by atoms with Crippen LogP contribution in [-0.4, -0.2) is 80.9 Å². The highest BCUT2D eigenvalue weighted by molar-refractivity contribution is 7.91. The second-order valence-electron chi connectivity index (χ2n) is 8.25. The molecule has 1 aliphatic heterocycles. The van der Waals surface area contributed by atoms with Crippen LogP contribution in [0.5, 0.6) is 5.75 Å². The van der Waals surface area contributed by atoms with Crippen LogP contribution in [0.4, 0.5) is 5.69 Å². The van der Waals surface area contributed by atoms with Gasteiger partial charge in [0, 0.05) is 23.8 Å². The number of methoxy groups -OCH3 is 1. The van der Waals surface area contributed by atoms with E-state index in [0.717, 1.165) is 25.7 Å². The summed E-state index contributed by atoms with van der Waals surface area (Å²) in [5.41, 5.74) is 0.628. The first-order chi connectivity index (χ1) is 14.3. The van der Waals surface area contributed by atoms with E-state index in [4.69, 9.17) is 4.74 Å². The second kappa shape index (κ2) is 9.78. The van der Waals surface area contributed by atoms with Crippen LogP contribution in [-0.2, 0) is 19.4 Å². The number of nitrogens with one attached hydrogen (secondary N) is 1. The van der Waals surface area contributed by atoms with E-state index in [1.54, 1.807) is 43.3 Å². The summed E-state index contributed by atoms with van der Waals surface area (Å²) in [4.78, 5) is 29.0. The van der Waals surface area contributed by atoms with Crippen LogP contribution in [0.15, 0.2) is 24.3 Å². The Morgan fingerprint density at radius 3 is 2.50 bits per heavy atom. The molecule has 0 aromatic heterocycles. The van der Waals surface area contributed by atoms with Crippen LogP contribution < -0.4 is 10.1 Å². The topological polar surface area (TPSA) is 96.0 Å². The Balaban J connectivity index is 1.58. The monoisotopic (exact) mass is 437 g/mol. The molecule has 0 bridgehead atoms. The van der Waals surface area contributed by atoms with Crippen LogP contribution >= 0.6 is 0 Å². The van der Waals surface area contributed by atoms with Crippen LogP contribution in [0.3, 0.4) is 0 Å². The van der Waals surface area contributed by atoms with Crippen LogP contribution in [0.25, 0.3) is 0 Å². The Hall–Kier alpha value is -2.13. The number of rotatable bonds is 8. The SMILES string of the molecule is COc1cccc(NC(=O)CN(C)CC(=O)N(C2CCCC2)C2CCS(=O)(=O)C2)c1. The quantitative estimate of drug-likeness (QED) is 0.663.